The maximum atomic E-state index is 13.9. The quantitative estimate of drug-likeness (QED) is 0.454. The molecule has 7 nitrogen and oxygen atoms in total. The average Bonchev–Trinajstić information content (AvgIpc) is 2.87. The third kappa shape index (κ3) is 4.78. The molecule has 3 atom stereocenters. The fourth-order valence-corrected chi connectivity index (χ4v) is 5.06. The average molecular weight is 490 g/mol. The number of para-hydroxylation sites is 1. The van der Waals surface area contributed by atoms with Crippen LogP contribution in [0.1, 0.15) is 44.2 Å². The number of ketones is 1. The number of esters is 2. The van der Waals surface area contributed by atoms with Gasteiger partial charge in [-0.05, 0) is 37.8 Å². The molecular formula is C29H31NO6. The second kappa shape index (κ2) is 10.8. The molecule has 188 valence electrons. The van der Waals surface area contributed by atoms with Gasteiger partial charge in [-0.1, -0.05) is 55.5 Å². The lowest BCUT2D eigenvalue weighted by Gasteiger charge is -2.38. The van der Waals surface area contributed by atoms with E-state index in [4.69, 9.17) is 14.2 Å². The highest BCUT2D eigenvalue weighted by Crippen LogP contribution is 2.47. The molecule has 0 saturated carbocycles. The number of carbonyl (C=O) groups excluding carboxylic acids is 3. The molecule has 0 amide bonds. The van der Waals surface area contributed by atoms with Crippen molar-refractivity contribution in [3.8, 4) is 5.75 Å². The molecule has 1 aliphatic heterocycles. The summed E-state index contributed by atoms with van der Waals surface area (Å²) in [7, 11) is 1.28. The number of hydrogen-bond acceptors (Lipinski definition) is 7. The molecule has 4 rings (SSSR count). The minimum atomic E-state index is -0.947. The van der Waals surface area contributed by atoms with Crippen LogP contribution in [0.2, 0.25) is 0 Å². The van der Waals surface area contributed by atoms with E-state index in [0.29, 0.717) is 46.9 Å². The molecular weight excluding hydrogens is 458 g/mol. The summed E-state index contributed by atoms with van der Waals surface area (Å²) < 4.78 is 16.6. The summed E-state index contributed by atoms with van der Waals surface area (Å²) >= 11 is 0. The number of allylic oxidation sites excluding steroid dienone is 3. The maximum Gasteiger partial charge on any atom is 0.336 e. The Balaban J connectivity index is 1.84. The fraction of sp³-hybridized carbons (Fsp3) is 0.345. The van der Waals surface area contributed by atoms with Crippen molar-refractivity contribution in [2.45, 2.75) is 39.7 Å². The molecule has 0 saturated heterocycles. The Morgan fingerprint density at radius 2 is 1.75 bits per heavy atom. The van der Waals surface area contributed by atoms with Crippen LogP contribution in [0.4, 0.5) is 0 Å². The van der Waals surface area contributed by atoms with Crippen LogP contribution in [0.25, 0.3) is 0 Å². The normalized spacial score (nSPS) is 21.4. The van der Waals surface area contributed by atoms with E-state index in [1.165, 1.54) is 7.11 Å². The Morgan fingerprint density at radius 3 is 2.44 bits per heavy atom. The first kappa shape index (κ1) is 25.2. The lowest BCUT2D eigenvalue weighted by Crippen LogP contribution is -2.43. The molecule has 1 heterocycles. The maximum absolute atomic E-state index is 13.9. The first-order valence-corrected chi connectivity index (χ1v) is 12.1. The number of methoxy groups -OCH3 is 1. The first-order valence-electron chi connectivity index (χ1n) is 12.1. The van der Waals surface area contributed by atoms with E-state index in [9.17, 15) is 14.4 Å². The third-order valence-corrected chi connectivity index (χ3v) is 6.71. The zero-order chi connectivity index (χ0) is 25.8. The van der Waals surface area contributed by atoms with E-state index in [2.05, 4.69) is 5.32 Å². The number of nitrogens with one attached hydrogen (secondary N) is 1. The van der Waals surface area contributed by atoms with Gasteiger partial charge in [-0.15, -0.1) is 0 Å². The van der Waals surface area contributed by atoms with Gasteiger partial charge < -0.3 is 19.5 Å². The van der Waals surface area contributed by atoms with Crippen LogP contribution >= 0.6 is 0 Å². The van der Waals surface area contributed by atoms with Gasteiger partial charge in [-0.2, -0.15) is 0 Å². The molecule has 0 radical (unpaired) electrons. The molecule has 2 aromatic rings. The molecule has 0 fully saturated rings. The van der Waals surface area contributed by atoms with E-state index in [1.807, 2.05) is 61.5 Å². The summed E-state index contributed by atoms with van der Waals surface area (Å²) in [6.07, 6.45) is 0.470. The second-order valence-corrected chi connectivity index (χ2v) is 9.07. The standard InChI is InChI=1S/C29H31NO6/c1-5-35-29(33)24-18(3)30-21-15-17(2)23(28(32)34-4)27(31)26(21)25(24)20-13-9-10-14-22(20)36-16-19-11-7-6-8-12-19/h6-14,17,23,25,30H,5,15-16H2,1-4H3/t17-,23+,25-/m0/s1. The predicted molar refractivity (Wildman–Crippen MR) is 134 cm³/mol. The minimum Gasteiger partial charge on any atom is -0.489 e. The highest BCUT2D eigenvalue weighted by Gasteiger charge is 2.47. The van der Waals surface area contributed by atoms with Crippen molar-refractivity contribution in [1.82, 2.24) is 5.32 Å². The van der Waals surface area contributed by atoms with Crippen molar-refractivity contribution in [2.24, 2.45) is 11.8 Å². The van der Waals surface area contributed by atoms with E-state index in [0.717, 1.165) is 5.56 Å². The van der Waals surface area contributed by atoms with E-state index in [1.54, 1.807) is 13.8 Å². The third-order valence-electron chi connectivity index (χ3n) is 6.71. The monoisotopic (exact) mass is 489 g/mol. The number of hydrogen-bond donors (Lipinski definition) is 1. The summed E-state index contributed by atoms with van der Waals surface area (Å²) in [5.74, 6) is -2.83. The highest BCUT2D eigenvalue weighted by atomic mass is 16.5. The van der Waals surface area contributed by atoms with Crippen LogP contribution in [-0.2, 0) is 30.5 Å². The van der Waals surface area contributed by atoms with Gasteiger partial charge in [0.05, 0.1) is 25.2 Å². The molecule has 2 aromatic carbocycles. The molecule has 0 bridgehead atoms. The lowest BCUT2D eigenvalue weighted by molar-refractivity contribution is -0.151. The number of ether oxygens (including phenoxy) is 3. The summed E-state index contributed by atoms with van der Waals surface area (Å²) in [6, 6.07) is 17.1. The minimum absolute atomic E-state index is 0.191. The molecule has 1 aliphatic carbocycles. The van der Waals surface area contributed by atoms with Gasteiger partial charge in [0.2, 0.25) is 0 Å². The lowest BCUT2D eigenvalue weighted by atomic mass is 9.69. The van der Waals surface area contributed by atoms with Crippen molar-refractivity contribution in [3.05, 3.63) is 88.3 Å². The predicted octanol–water partition coefficient (Wildman–Crippen LogP) is 4.44. The molecule has 7 heteroatoms. The van der Waals surface area contributed by atoms with Crippen molar-refractivity contribution >= 4 is 17.7 Å². The number of dihydropyridines is 1. The van der Waals surface area contributed by atoms with Crippen LogP contribution in [0.15, 0.2) is 77.1 Å². The summed E-state index contributed by atoms with van der Waals surface area (Å²) in [4.78, 5) is 39.7. The van der Waals surface area contributed by atoms with Crippen LogP contribution in [-0.4, -0.2) is 31.4 Å². The van der Waals surface area contributed by atoms with Gasteiger partial charge in [-0.25, -0.2) is 4.79 Å². The Kier molecular flexibility index (Phi) is 7.58. The summed E-state index contributed by atoms with van der Waals surface area (Å²) in [6.45, 7) is 5.91. The first-order chi connectivity index (χ1) is 17.4. The Bertz CT molecular complexity index is 1230. The van der Waals surface area contributed by atoms with Crippen LogP contribution in [0, 0.1) is 11.8 Å². The molecule has 0 unspecified atom stereocenters. The van der Waals surface area contributed by atoms with Crippen LogP contribution < -0.4 is 10.1 Å². The van der Waals surface area contributed by atoms with Crippen LogP contribution in [0.5, 0.6) is 5.75 Å². The highest BCUT2D eigenvalue weighted by molar-refractivity contribution is 6.12. The Labute approximate surface area is 211 Å². The number of carbonyl (C=O) groups is 3. The van der Waals surface area contributed by atoms with Crippen LogP contribution in [0.3, 0.4) is 0 Å². The number of Topliss-reactive ketones (excluding diaryl/α,β-unsaturated/α-hetero) is 1. The molecule has 0 aromatic heterocycles. The van der Waals surface area contributed by atoms with Gasteiger partial charge in [0.15, 0.2) is 5.78 Å². The zero-order valence-electron chi connectivity index (χ0n) is 21.0. The van der Waals surface area contributed by atoms with Gasteiger partial charge in [0.25, 0.3) is 0 Å². The number of rotatable bonds is 7. The molecule has 36 heavy (non-hydrogen) atoms. The smallest absolute Gasteiger partial charge is 0.336 e. The molecule has 2 aliphatic rings. The van der Waals surface area contributed by atoms with Gasteiger partial charge in [0.1, 0.15) is 18.3 Å². The van der Waals surface area contributed by atoms with Crippen molar-refractivity contribution in [3.63, 3.8) is 0 Å². The Hall–Kier alpha value is -3.87. The summed E-state index contributed by atoms with van der Waals surface area (Å²) in [5, 5.41) is 3.27. The van der Waals surface area contributed by atoms with Gasteiger partial charge in [0, 0.05) is 22.5 Å². The SMILES string of the molecule is CCOC(=O)C1=C(C)NC2=C(C(=O)[C@H](C(=O)OC)[C@@H](C)C2)[C@H]1c1ccccc1OCc1ccccc1. The largest absolute Gasteiger partial charge is 0.489 e. The topological polar surface area (TPSA) is 90.9 Å². The number of benzene rings is 2. The van der Waals surface area contributed by atoms with Gasteiger partial charge in [-0.3, -0.25) is 9.59 Å². The second-order valence-electron chi connectivity index (χ2n) is 9.07. The van der Waals surface area contributed by atoms with Crippen molar-refractivity contribution in [2.75, 3.05) is 13.7 Å². The Morgan fingerprint density at radius 1 is 1.06 bits per heavy atom. The van der Waals surface area contributed by atoms with E-state index in [-0.39, 0.29) is 18.3 Å². The summed E-state index contributed by atoms with van der Waals surface area (Å²) in [5.41, 5.74) is 3.69. The van der Waals surface area contributed by atoms with E-state index < -0.39 is 23.8 Å². The fourth-order valence-electron chi connectivity index (χ4n) is 5.06. The van der Waals surface area contributed by atoms with Gasteiger partial charge >= 0.3 is 11.9 Å². The van der Waals surface area contributed by atoms with Crippen molar-refractivity contribution < 1.29 is 28.6 Å². The van der Waals surface area contributed by atoms with E-state index >= 15 is 0 Å². The molecule has 1 N–H and O–H groups in total. The molecule has 0 spiro atoms. The zero-order valence-corrected chi connectivity index (χ0v) is 21.0. The van der Waals surface area contributed by atoms with Crippen molar-refractivity contribution in [1.29, 1.82) is 0 Å².